The number of nitrogens with one attached hydrogen (secondary N) is 1. The standard InChI is InChI=1S/C14H18N2O2/c1-18-14-12(7-4-8-15-14)10-16-13(17)9-11-5-2-3-6-11/h2,4-5,7-8,11H,3,6,9-10H2,1H3,(H,16,17). The van der Waals surface area contributed by atoms with Crippen molar-refractivity contribution in [1.29, 1.82) is 0 Å². The zero-order valence-electron chi connectivity index (χ0n) is 10.6. The van der Waals surface area contributed by atoms with Crippen molar-refractivity contribution in [3.8, 4) is 5.88 Å². The molecule has 1 aliphatic rings. The number of aromatic nitrogens is 1. The van der Waals surface area contributed by atoms with E-state index in [9.17, 15) is 4.79 Å². The summed E-state index contributed by atoms with van der Waals surface area (Å²) in [7, 11) is 1.58. The van der Waals surface area contributed by atoms with Gasteiger partial charge in [-0.3, -0.25) is 4.79 Å². The van der Waals surface area contributed by atoms with Crippen molar-refractivity contribution < 1.29 is 9.53 Å². The zero-order chi connectivity index (χ0) is 12.8. The molecule has 4 nitrogen and oxygen atoms in total. The number of allylic oxidation sites excluding steroid dienone is 2. The lowest BCUT2D eigenvalue weighted by molar-refractivity contribution is -0.121. The third kappa shape index (κ3) is 3.32. The number of hydrogen-bond donors (Lipinski definition) is 1. The van der Waals surface area contributed by atoms with E-state index >= 15 is 0 Å². The van der Waals surface area contributed by atoms with E-state index in [1.165, 1.54) is 0 Å². The third-order valence-electron chi connectivity index (χ3n) is 3.08. The number of ether oxygens (including phenoxy) is 1. The van der Waals surface area contributed by atoms with Gasteiger partial charge in [0.15, 0.2) is 0 Å². The van der Waals surface area contributed by atoms with Gasteiger partial charge in [-0.05, 0) is 24.8 Å². The molecule has 1 aromatic heterocycles. The van der Waals surface area contributed by atoms with Crippen LogP contribution < -0.4 is 10.1 Å². The highest BCUT2D eigenvalue weighted by Crippen LogP contribution is 2.20. The molecule has 1 aromatic rings. The van der Waals surface area contributed by atoms with E-state index in [0.717, 1.165) is 18.4 Å². The van der Waals surface area contributed by atoms with E-state index in [1.54, 1.807) is 13.3 Å². The van der Waals surface area contributed by atoms with E-state index in [0.29, 0.717) is 24.8 Å². The zero-order valence-corrected chi connectivity index (χ0v) is 10.6. The highest BCUT2D eigenvalue weighted by molar-refractivity contribution is 5.76. The minimum absolute atomic E-state index is 0.0810. The lowest BCUT2D eigenvalue weighted by Gasteiger charge is -2.10. The summed E-state index contributed by atoms with van der Waals surface area (Å²) in [5, 5.41) is 2.91. The molecule has 1 N–H and O–H groups in total. The second-order valence-electron chi connectivity index (χ2n) is 4.42. The molecule has 4 heteroatoms. The molecule has 0 saturated carbocycles. The van der Waals surface area contributed by atoms with Gasteiger partial charge in [-0.15, -0.1) is 0 Å². The lowest BCUT2D eigenvalue weighted by Crippen LogP contribution is -2.24. The van der Waals surface area contributed by atoms with Gasteiger partial charge in [0, 0.05) is 24.7 Å². The predicted octanol–water partition coefficient (Wildman–Crippen LogP) is 2.06. The molecule has 1 aliphatic carbocycles. The SMILES string of the molecule is COc1ncccc1CNC(=O)CC1C=CCC1. The first-order chi connectivity index (χ1) is 8.79. The molecule has 2 rings (SSSR count). The summed E-state index contributed by atoms with van der Waals surface area (Å²) in [6.07, 6.45) is 8.69. The van der Waals surface area contributed by atoms with Crippen LogP contribution in [0.5, 0.6) is 5.88 Å². The van der Waals surface area contributed by atoms with Crippen LogP contribution in [0.25, 0.3) is 0 Å². The number of rotatable bonds is 5. The number of amides is 1. The van der Waals surface area contributed by atoms with Crippen molar-refractivity contribution in [1.82, 2.24) is 10.3 Å². The van der Waals surface area contributed by atoms with E-state index in [2.05, 4.69) is 22.5 Å². The van der Waals surface area contributed by atoms with Crippen molar-refractivity contribution in [3.05, 3.63) is 36.0 Å². The minimum Gasteiger partial charge on any atom is -0.481 e. The van der Waals surface area contributed by atoms with Gasteiger partial charge >= 0.3 is 0 Å². The highest BCUT2D eigenvalue weighted by atomic mass is 16.5. The Morgan fingerprint density at radius 2 is 2.50 bits per heavy atom. The maximum absolute atomic E-state index is 11.8. The molecule has 96 valence electrons. The fourth-order valence-electron chi connectivity index (χ4n) is 2.11. The van der Waals surface area contributed by atoms with Crippen LogP contribution in [0.4, 0.5) is 0 Å². The van der Waals surface area contributed by atoms with Crippen LogP contribution in [0.3, 0.4) is 0 Å². The summed E-state index contributed by atoms with van der Waals surface area (Å²) in [5.74, 6) is 1.05. The van der Waals surface area contributed by atoms with Gasteiger partial charge < -0.3 is 10.1 Å². The van der Waals surface area contributed by atoms with Crippen LogP contribution >= 0.6 is 0 Å². The van der Waals surface area contributed by atoms with Gasteiger partial charge in [-0.2, -0.15) is 0 Å². The largest absolute Gasteiger partial charge is 0.481 e. The van der Waals surface area contributed by atoms with E-state index < -0.39 is 0 Å². The Bertz CT molecular complexity index is 443. The van der Waals surface area contributed by atoms with Gasteiger partial charge in [0.05, 0.1) is 7.11 Å². The summed E-state index contributed by atoms with van der Waals surface area (Å²) in [5.41, 5.74) is 0.898. The smallest absolute Gasteiger partial charge is 0.220 e. The highest BCUT2D eigenvalue weighted by Gasteiger charge is 2.14. The molecule has 1 heterocycles. The molecular weight excluding hydrogens is 228 g/mol. The van der Waals surface area contributed by atoms with Crippen LogP contribution in [0.1, 0.15) is 24.8 Å². The Labute approximate surface area is 107 Å². The molecule has 0 spiro atoms. The van der Waals surface area contributed by atoms with Crippen LogP contribution in [0.15, 0.2) is 30.5 Å². The monoisotopic (exact) mass is 246 g/mol. The number of nitrogens with zero attached hydrogens (tertiary/aromatic N) is 1. The lowest BCUT2D eigenvalue weighted by atomic mass is 10.1. The number of hydrogen-bond acceptors (Lipinski definition) is 3. The Hall–Kier alpha value is -1.84. The summed E-state index contributed by atoms with van der Waals surface area (Å²) in [4.78, 5) is 15.9. The van der Waals surface area contributed by atoms with Crippen LogP contribution in [0.2, 0.25) is 0 Å². The molecule has 1 atom stereocenters. The number of carbonyl (C=O) groups excluding carboxylic acids is 1. The summed E-state index contributed by atoms with van der Waals surface area (Å²) < 4.78 is 5.14. The predicted molar refractivity (Wildman–Crippen MR) is 69.1 cm³/mol. The van der Waals surface area contributed by atoms with Crippen LogP contribution in [-0.2, 0) is 11.3 Å². The fraction of sp³-hybridized carbons (Fsp3) is 0.429. The average molecular weight is 246 g/mol. The Morgan fingerprint density at radius 3 is 3.22 bits per heavy atom. The fourth-order valence-corrected chi connectivity index (χ4v) is 2.11. The molecule has 0 radical (unpaired) electrons. The maximum Gasteiger partial charge on any atom is 0.220 e. The molecule has 0 saturated heterocycles. The van der Waals surface area contributed by atoms with E-state index in [1.807, 2.05) is 12.1 Å². The Kier molecular flexibility index (Phi) is 4.34. The second kappa shape index (κ2) is 6.19. The van der Waals surface area contributed by atoms with Crippen molar-refractivity contribution in [2.75, 3.05) is 7.11 Å². The molecule has 1 amide bonds. The topological polar surface area (TPSA) is 51.2 Å². The maximum atomic E-state index is 11.8. The molecule has 0 aromatic carbocycles. The van der Waals surface area contributed by atoms with Crippen molar-refractivity contribution >= 4 is 5.91 Å². The summed E-state index contributed by atoms with van der Waals surface area (Å²) in [6.45, 7) is 0.465. The van der Waals surface area contributed by atoms with Gasteiger partial charge in [-0.1, -0.05) is 18.2 Å². The van der Waals surface area contributed by atoms with Gasteiger partial charge in [0.2, 0.25) is 11.8 Å². The van der Waals surface area contributed by atoms with E-state index in [-0.39, 0.29) is 5.91 Å². The molecular formula is C14H18N2O2. The first kappa shape index (κ1) is 12.6. The summed E-state index contributed by atoms with van der Waals surface area (Å²) >= 11 is 0. The second-order valence-corrected chi connectivity index (χ2v) is 4.42. The minimum atomic E-state index is 0.0810. The molecule has 1 unspecified atom stereocenters. The van der Waals surface area contributed by atoms with Gasteiger partial charge in [0.25, 0.3) is 0 Å². The van der Waals surface area contributed by atoms with Crippen molar-refractivity contribution in [2.45, 2.75) is 25.8 Å². The first-order valence-corrected chi connectivity index (χ1v) is 6.21. The molecule has 18 heavy (non-hydrogen) atoms. The van der Waals surface area contributed by atoms with Crippen LogP contribution in [-0.4, -0.2) is 18.0 Å². The number of pyridine rings is 1. The molecule has 0 bridgehead atoms. The first-order valence-electron chi connectivity index (χ1n) is 6.21. The van der Waals surface area contributed by atoms with E-state index in [4.69, 9.17) is 4.74 Å². The number of carbonyl (C=O) groups is 1. The van der Waals surface area contributed by atoms with Gasteiger partial charge in [0.1, 0.15) is 0 Å². The summed E-state index contributed by atoms with van der Waals surface area (Å²) in [6, 6.07) is 3.74. The van der Waals surface area contributed by atoms with Crippen molar-refractivity contribution in [3.63, 3.8) is 0 Å². The third-order valence-corrected chi connectivity index (χ3v) is 3.08. The Balaban J connectivity index is 1.83. The average Bonchev–Trinajstić information content (AvgIpc) is 2.89. The van der Waals surface area contributed by atoms with Crippen LogP contribution in [0, 0.1) is 5.92 Å². The Morgan fingerprint density at radius 1 is 1.61 bits per heavy atom. The molecule has 0 fully saturated rings. The molecule has 0 aliphatic heterocycles. The van der Waals surface area contributed by atoms with Gasteiger partial charge in [-0.25, -0.2) is 4.98 Å². The quantitative estimate of drug-likeness (QED) is 0.809. The number of methoxy groups -OCH3 is 1. The normalized spacial score (nSPS) is 17.7. The van der Waals surface area contributed by atoms with Crippen molar-refractivity contribution in [2.24, 2.45) is 5.92 Å².